The maximum Gasteiger partial charge on any atom is 0.0669 e. The van der Waals surface area contributed by atoms with Crippen molar-refractivity contribution in [2.24, 2.45) is 0 Å². The third kappa shape index (κ3) is 1.51. The van der Waals surface area contributed by atoms with E-state index in [0.717, 1.165) is 18.5 Å². The van der Waals surface area contributed by atoms with E-state index in [9.17, 15) is 0 Å². The normalized spacial score (nSPS) is 13.9. The van der Waals surface area contributed by atoms with Gasteiger partial charge in [-0.1, -0.05) is 6.07 Å². The molecule has 0 N–H and O–H groups in total. The molecule has 0 saturated heterocycles. The zero-order valence-corrected chi connectivity index (χ0v) is 11.3. The lowest BCUT2D eigenvalue weighted by molar-refractivity contribution is 0.622. The van der Waals surface area contributed by atoms with Gasteiger partial charge in [0.1, 0.15) is 0 Å². The van der Waals surface area contributed by atoms with Gasteiger partial charge in [0, 0.05) is 22.1 Å². The smallest absolute Gasteiger partial charge is 0.0669 e. The molecule has 0 spiro atoms. The van der Waals surface area contributed by atoms with E-state index in [1.54, 1.807) is 0 Å². The average Bonchev–Trinajstić information content (AvgIpc) is 2.57. The zero-order chi connectivity index (χ0) is 12.0. The Bertz CT molecular complexity index is 647. The summed E-state index contributed by atoms with van der Waals surface area (Å²) in [5.41, 5.74) is 5.19. The molecule has 3 rings (SSSR count). The number of hydrogen-bond donors (Lipinski definition) is 0. The predicted octanol–water partition coefficient (Wildman–Crippen LogP) is 3.72. The van der Waals surface area contributed by atoms with Crippen LogP contribution in [0.2, 0.25) is 0 Å². The molecule has 86 valence electrons. The summed E-state index contributed by atoms with van der Waals surface area (Å²) in [7, 11) is 0. The standard InChI is InChI=1S/C14H13BrN2/c1-9-13(15)12-8-10(4-5-16)7-11-3-2-6-17(9)14(11)12/h7-8H,2-4,6H2,1H3. The molecule has 3 heteroatoms. The van der Waals surface area contributed by atoms with Gasteiger partial charge in [-0.2, -0.15) is 5.26 Å². The number of benzene rings is 1. The molecule has 0 unspecified atom stereocenters. The first-order valence-corrected chi connectivity index (χ1v) is 6.68. The van der Waals surface area contributed by atoms with Crippen LogP contribution in [0.15, 0.2) is 16.6 Å². The monoisotopic (exact) mass is 288 g/mol. The lowest BCUT2D eigenvalue weighted by Crippen LogP contribution is -2.09. The Balaban J connectivity index is 2.38. The molecule has 0 bridgehead atoms. The van der Waals surface area contributed by atoms with E-state index in [0.29, 0.717) is 6.42 Å². The van der Waals surface area contributed by atoms with Gasteiger partial charge in [0.25, 0.3) is 0 Å². The lowest BCUT2D eigenvalue weighted by atomic mass is 9.99. The highest BCUT2D eigenvalue weighted by Gasteiger charge is 2.19. The van der Waals surface area contributed by atoms with Crippen LogP contribution in [-0.4, -0.2) is 4.57 Å². The predicted molar refractivity (Wildman–Crippen MR) is 72.0 cm³/mol. The zero-order valence-electron chi connectivity index (χ0n) is 9.76. The molecule has 0 fully saturated rings. The number of hydrogen-bond acceptors (Lipinski definition) is 1. The molecule has 0 amide bonds. The van der Waals surface area contributed by atoms with Crippen molar-refractivity contribution in [3.8, 4) is 6.07 Å². The molecular formula is C14H13BrN2. The van der Waals surface area contributed by atoms with Crippen LogP contribution in [-0.2, 0) is 19.4 Å². The fraction of sp³-hybridized carbons (Fsp3) is 0.357. The van der Waals surface area contributed by atoms with Crippen molar-refractivity contribution in [1.82, 2.24) is 4.57 Å². The second kappa shape index (κ2) is 3.89. The summed E-state index contributed by atoms with van der Waals surface area (Å²) >= 11 is 3.69. The van der Waals surface area contributed by atoms with Gasteiger partial charge in [-0.05, 0) is 52.9 Å². The van der Waals surface area contributed by atoms with Crippen LogP contribution < -0.4 is 0 Å². The average molecular weight is 289 g/mol. The molecule has 17 heavy (non-hydrogen) atoms. The van der Waals surface area contributed by atoms with Gasteiger partial charge in [0.05, 0.1) is 18.0 Å². The number of halogens is 1. The Morgan fingerprint density at radius 3 is 3.06 bits per heavy atom. The van der Waals surface area contributed by atoms with Gasteiger partial charge in [-0.25, -0.2) is 0 Å². The number of aryl methyl sites for hydroxylation is 2. The van der Waals surface area contributed by atoms with E-state index in [-0.39, 0.29) is 0 Å². The van der Waals surface area contributed by atoms with Crippen LogP contribution in [0.1, 0.15) is 23.2 Å². The molecule has 1 aliphatic heterocycles. The summed E-state index contributed by atoms with van der Waals surface area (Å²) in [4.78, 5) is 0. The van der Waals surface area contributed by atoms with Gasteiger partial charge < -0.3 is 4.57 Å². The Hall–Kier alpha value is -1.27. The van der Waals surface area contributed by atoms with Crippen molar-refractivity contribution in [2.45, 2.75) is 32.7 Å². The van der Waals surface area contributed by atoms with Crippen molar-refractivity contribution in [2.75, 3.05) is 0 Å². The van der Waals surface area contributed by atoms with Crippen LogP contribution in [0.5, 0.6) is 0 Å². The van der Waals surface area contributed by atoms with E-state index < -0.39 is 0 Å². The highest BCUT2D eigenvalue weighted by molar-refractivity contribution is 9.10. The van der Waals surface area contributed by atoms with Crippen molar-refractivity contribution in [1.29, 1.82) is 5.26 Å². The summed E-state index contributed by atoms with van der Waals surface area (Å²) in [5.74, 6) is 0. The Labute approximate surface area is 109 Å². The van der Waals surface area contributed by atoms with Crippen molar-refractivity contribution >= 4 is 26.8 Å². The fourth-order valence-corrected chi connectivity index (χ4v) is 3.34. The quantitative estimate of drug-likeness (QED) is 0.786. The molecule has 0 saturated carbocycles. The molecule has 0 aliphatic carbocycles. The molecule has 1 aromatic heterocycles. The van der Waals surface area contributed by atoms with Gasteiger partial charge in [-0.3, -0.25) is 0 Å². The van der Waals surface area contributed by atoms with Crippen molar-refractivity contribution in [3.63, 3.8) is 0 Å². The summed E-state index contributed by atoms with van der Waals surface area (Å²) < 4.78 is 3.59. The minimum atomic E-state index is 0.500. The highest BCUT2D eigenvalue weighted by atomic mass is 79.9. The van der Waals surface area contributed by atoms with E-state index in [4.69, 9.17) is 5.26 Å². The minimum Gasteiger partial charge on any atom is -0.343 e. The first-order valence-electron chi connectivity index (χ1n) is 5.89. The van der Waals surface area contributed by atoms with Crippen molar-refractivity contribution in [3.05, 3.63) is 33.4 Å². The first kappa shape index (κ1) is 10.9. The molecule has 2 aromatic rings. The third-order valence-corrected chi connectivity index (χ3v) is 4.59. The molecule has 1 aromatic carbocycles. The molecule has 0 atom stereocenters. The lowest BCUT2D eigenvalue weighted by Gasteiger charge is -2.17. The van der Waals surface area contributed by atoms with Crippen molar-refractivity contribution < 1.29 is 0 Å². The maximum absolute atomic E-state index is 8.83. The molecule has 2 heterocycles. The number of rotatable bonds is 1. The molecule has 1 aliphatic rings. The Kier molecular flexibility index (Phi) is 2.48. The van der Waals surface area contributed by atoms with Crippen LogP contribution in [0.25, 0.3) is 10.9 Å². The summed E-state index contributed by atoms with van der Waals surface area (Å²) in [6.45, 7) is 3.27. The van der Waals surface area contributed by atoms with Crippen LogP contribution in [0.4, 0.5) is 0 Å². The van der Waals surface area contributed by atoms with E-state index in [1.165, 1.54) is 33.1 Å². The van der Waals surface area contributed by atoms with Gasteiger partial charge in [0.15, 0.2) is 0 Å². The third-order valence-electron chi connectivity index (χ3n) is 3.59. The number of nitriles is 1. The molecule has 0 radical (unpaired) electrons. The van der Waals surface area contributed by atoms with Gasteiger partial charge in [0.2, 0.25) is 0 Å². The summed E-state index contributed by atoms with van der Waals surface area (Å²) in [6.07, 6.45) is 2.82. The number of nitrogens with zero attached hydrogens (tertiary/aromatic N) is 2. The minimum absolute atomic E-state index is 0.500. The molecule has 2 nitrogen and oxygen atoms in total. The maximum atomic E-state index is 8.83. The van der Waals surface area contributed by atoms with Gasteiger partial charge in [-0.15, -0.1) is 0 Å². The van der Waals surface area contributed by atoms with E-state index in [2.05, 4.69) is 45.6 Å². The van der Waals surface area contributed by atoms with Crippen LogP contribution in [0, 0.1) is 18.3 Å². The Morgan fingerprint density at radius 2 is 2.29 bits per heavy atom. The van der Waals surface area contributed by atoms with E-state index in [1.807, 2.05) is 0 Å². The Morgan fingerprint density at radius 1 is 1.47 bits per heavy atom. The summed E-state index contributed by atoms with van der Waals surface area (Å²) in [6, 6.07) is 6.59. The van der Waals surface area contributed by atoms with Gasteiger partial charge >= 0.3 is 0 Å². The fourth-order valence-electron chi connectivity index (χ4n) is 2.82. The van der Waals surface area contributed by atoms with E-state index >= 15 is 0 Å². The topological polar surface area (TPSA) is 28.7 Å². The second-order valence-electron chi connectivity index (χ2n) is 4.64. The summed E-state index contributed by atoms with van der Waals surface area (Å²) in [5, 5.41) is 10.1. The largest absolute Gasteiger partial charge is 0.343 e. The van der Waals surface area contributed by atoms with Crippen LogP contribution in [0.3, 0.4) is 0 Å². The molecular weight excluding hydrogens is 276 g/mol. The SMILES string of the molecule is Cc1c(Br)c2cc(CC#N)cc3c2n1CCC3. The number of aromatic nitrogens is 1. The van der Waals surface area contributed by atoms with Crippen LogP contribution >= 0.6 is 15.9 Å². The first-order chi connectivity index (χ1) is 8.22. The highest BCUT2D eigenvalue weighted by Crippen LogP contribution is 2.36. The second-order valence-corrected chi connectivity index (χ2v) is 5.43.